The molecule has 204 valence electrons. The van der Waals surface area contributed by atoms with Crippen molar-refractivity contribution < 1.29 is 40.1 Å². The van der Waals surface area contributed by atoms with E-state index in [-0.39, 0.29) is 12.3 Å². The first-order chi connectivity index (χ1) is 16.3. The Morgan fingerprint density at radius 2 is 1.03 bits per heavy atom. The maximum Gasteiger partial charge on any atom is 0.500 e. The highest BCUT2D eigenvalue weighted by molar-refractivity contribution is 6.60. The van der Waals surface area contributed by atoms with Crippen LogP contribution in [0.4, 0.5) is 8.78 Å². The Kier molecular flexibility index (Phi) is 19.4. The van der Waals surface area contributed by atoms with Gasteiger partial charge in [-0.3, -0.25) is 4.79 Å². The molecule has 0 aromatic rings. The second-order valence-electron chi connectivity index (χ2n) is 8.23. The van der Waals surface area contributed by atoms with E-state index in [2.05, 4.69) is 0 Å². The molecule has 0 saturated carbocycles. The van der Waals surface area contributed by atoms with Gasteiger partial charge in [-0.15, -0.1) is 0 Å². The molecule has 0 aromatic heterocycles. The summed E-state index contributed by atoms with van der Waals surface area (Å²) in [7, 11) is 4.12. The fourth-order valence-corrected chi connectivity index (χ4v) is 7.29. The molecule has 12 heteroatoms. The molecule has 8 nitrogen and oxygen atoms in total. The zero-order valence-corrected chi connectivity index (χ0v) is 24.0. The molecule has 0 bridgehead atoms. The number of carbonyl (C=O) groups excluding carboxylic acids is 1. The van der Waals surface area contributed by atoms with Gasteiger partial charge in [0.05, 0.1) is 0 Å². The first kappa shape index (κ1) is 33.5. The topological polar surface area (TPSA) is 75.7 Å². The largest absolute Gasteiger partial charge is 0.500 e. The predicted molar refractivity (Wildman–Crippen MR) is 132 cm³/mol. The van der Waals surface area contributed by atoms with E-state index in [0.717, 1.165) is 32.1 Å². The molecule has 0 radical (unpaired) electrons. The maximum atomic E-state index is 13.0. The minimum absolute atomic E-state index is 0.0217. The van der Waals surface area contributed by atoms with E-state index >= 15 is 0 Å². The zero-order chi connectivity index (χ0) is 25.9. The summed E-state index contributed by atoms with van der Waals surface area (Å²) in [5.74, 6) is 0.108. The minimum Gasteiger partial charge on any atom is -0.377 e. The molecule has 34 heavy (non-hydrogen) atoms. The lowest BCUT2D eigenvalue weighted by Gasteiger charge is -2.28. The number of nitrogens with zero attached hydrogens (tertiary/aromatic N) is 1. The van der Waals surface area contributed by atoms with Crippen molar-refractivity contribution in [2.45, 2.75) is 82.7 Å². The van der Waals surface area contributed by atoms with E-state index in [4.69, 9.17) is 26.6 Å². The molecule has 0 N–H and O–H groups in total. The van der Waals surface area contributed by atoms with Crippen molar-refractivity contribution in [2.24, 2.45) is 0 Å². The van der Waals surface area contributed by atoms with Crippen LogP contribution >= 0.6 is 0 Å². The molecule has 0 atom stereocenters. The molecule has 0 heterocycles. The second-order valence-corrected chi connectivity index (χ2v) is 14.4. The van der Waals surface area contributed by atoms with Gasteiger partial charge in [0.25, 0.3) is 0 Å². The molecule has 0 rings (SSSR count). The number of hydrogen-bond donors (Lipinski definition) is 0. The van der Waals surface area contributed by atoms with Gasteiger partial charge in [-0.1, -0.05) is 25.7 Å². The van der Waals surface area contributed by atoms with Crippen LogP contribution in [0, 0.1) is 0 Å². The van der Waals surface area contributed by atoms with Crippen molar-refractivity contribution in [1.29, 1.82) is 0 Å². The van der Waals surface area contributed by atoms with Crippen LogP contribution in [0.2, 0.25) is 12.1 Å². The number of amides is 1. The molecule has 0 saturated heterocycles. The molecule has 0 fully saturated rings. The average molecular weight is 532 g/mol. The standard InChI is InChI=1S/C22H47F2NO7Si2/c1-27-33(28-2,29-3)19-13-17-25(18-14-20-34(30-4,31-5)32-6)22(26)16-12-10-8-7-9-11-15-21(23)24/h21H,7-20H2,1-6H3. The van der Waals surface area contributed by atoms with Gasteiger partial charge in [0.15, 0.2) is 0 Å². The van der Waals surface area contributed by atoms with Gasteiger partial charge in [0.2, 0.25) is 12.3 Å². The Morgan fingerprint density at radius 1 is 0.647 bits per heavy atom. The third-order valence-corrected chi connectivity index (χ3v) is 11.8. The Morgan fingerprint density at radius 3 is 1.41 bits per heavy atom. The second kappa shape index (κ2) is 19.7. The smallest absolute Gasteiger partial charge is 0.377 e. The van der Waals surface area contributed by atoms with Gasteiger partial charge in [-0.05, 0) is 25.7 Å². The van der Waals surface area contributed by atoms with Crippen LogP contribution in [0.15, 0.2) is 0 Å². The van der Waals surface area contributed by atoms with E-state index in [1.165, 1.54) is 0 Å². The molecule has 0 aliphatic heterocycles. The Bertz CT molecular complexity index is 471. The molecule has 1 amide bonds. The van der Waals surface area contributed by atoms with Crippen molar-refractivity contribution >= 4 is 23.5 Å². The van der Waals surface area contributed by atoms with Gasteiger partial charge in [-0.2, -0.15) is 0 Å². The number of rotatable bonds is 23. The molecule has 0 aromatic carbocycles. The summed E-state index contributed by atoms with van der Waals surface area (Å²) in [6, 6.07) is 1.23. The first-order valence-corrected chi connectivity index (χ1v) is 16.0. The van der Waals surface area contributed by atoms with Crippen LogP contribution in [-0.4, -0.2) is 90.6 Å². The Hall–Kier alpha value is -0.476. The van der Waals surface area contributed by atoms with Crippen LogP contribution in [0.25, 0.3) is 0 Å². The van der Waals surface area contributed by atoms with Crippen LogP contribution in [0.3, 0.4) is 0 Å². The number of carbonyl (C=O) groups is 1. The summed E-state index contributed by atoms with van der Waals surface area (Å²) in [6.45, 7) is 1.16. The van der Waals surface area contributed by atoms with Gasteiger partial charge in [0, 0.05) is 80.7 Å². The van der Waals surface area contributed by atoms with Gasteiger partial charge in [-0.25, -0.2) is 8.78 Å². The summed E-state index contributed by atoms with van der Waals surface area (Å²) in [6.07, 6.45) is 4.65. The average Bonchev–Trinajstić information content (AvgIpc) is 2.85. The minimum atomic E-state index is -2.69. The van der Waals surface area contributed by atoms with Crippen LogP contribution in [0.1, 0.15) is 64.2 Å². The molecular weight excluding hydrogens is 484 g/mol. The normalized spacial score (nSPS) is 12.5. The van der Waals surface area contributed by atoms with E-state index in [1.807, 2.05) is 4.90 Å². The summed E-state index contributed by atoms with van der Waals surface area (Å²) in [5.41, 5.74) is 0. The van der Waals surface area contributed by atoms with Crippen LogP contribution in [-0.2, 0) is 31.4 Å². The lowest BCUT2D eigenvalue weighted by Crippen LogP contribution is -2.44. The van der Waals surface area contributed by atoms with Crippen LogP contribution in [0.5, 0.6) is 0 Å². The number of hydrogen-bond acceptors (Lipinski definition) is 7. The third-order valence-electron chi connectivity index (χ3n) is 6.10. The highest BCUT2D eigenvalue weighted by atomic mass is 28.4. The van der Waals surface area contributed by atoms with E-state index in [9.17, 15) is 13.6 Å². The quantitative estimate of drug-likeness (QED) is 0.139. The fourth-order valence-electron chi connectivity index (χ4n) is 3.89. The molecule has 0 spiro atoms. The van der Waals surface area contributed by atoms with E-state index in [1.54, 1.807) is 42.7 Å². The lowest BCUT2D eigenvalue weighted by atomic mass is 10.1. The number of halogens is 2. The van der Waals surface area contributed by atoms with Gasteiger partial charge < -0.3 is 31.5 Å². The van der Waals surface area contributed by atoms with Crippen molar-refractivity contribution in [3.05, 3.63) is 0 Å². The highest BCUT2D eigenvalue weighted by Gasteiger charge is 2.38. The lowest BCUT2D eigenvalue weighted by molar-refractivity contribution is -0.131. The molecular formula is C22H47F2NO7Si2. The van der Waals surface area contributed by atoms with Crippen molar-refractivity contribution in [2.75, 3.05) is 55.7 Å². The molecule has 0 aliphatic carbocycles. The summed E-state index contributed by atoms with van der Waals surface area (Å²) < 4.78 is 57.3. The van der Waals surface area contributed by atoms with E-state index in [0.29, 0.717) is 50.9 Å². The first-order valence-electron chi connectivity index (χ1n) is 12.1. The number of unbranched alkanes of at least 4 members (excludes halogenated alkanes) is 5. The maximum absolute atomic E-state index is 13.0. The Balaban J connectivity index is 4.68. The van der Waals surface area contributed by atoms with E-state index < -0.39 is 24.0 Å². The zero-order valence-electron chi connectivity index (χ0n) is 22.0. The summed E-state index contributed by atoms with van der Waals surface area (Å²) in [4.78, 5) is 14.8. The van der Waals surface area contributed by atoms with Crippen molar-refractivity contribution in [3.8, 4) is 0 Å². The van der Waals surface area contributed by atoms with Crippen LogP contribution < -0.4 is 0 Å². The molecule has 0 unspecified atom stereocenters. The highest BCUT2D eigenvalue weighted by Crippen LogP contribution is 2.19. The number of alkyl halides is 2. The third kappa shape index (κ3) is 13.6. The fraction of sp³-hybridized carbons (Fsp3) is 0.955. The molecule has 0 aliphatic rings. The summed E-state index contributed by atoms with van der Waals surface area (Å²) >= 11 is 0. The van der Waals surface area contributed by atoms with Gasteiger partial charge in [0.1, 0.15) is 0 Å². The summed E-state index contributed by atoms with van der Waals surface area (Å²) in [5, 5.41) is 0. The predicted octanol–water partition coefficient (Wildman–Crippen LogP) is 4.74. The Labute approximate surface area is 207 Å². The SMILES string of the molecule is CO[Si](CCCN(CCC[Si](OC)(OC)OC)C(=O)CCCCCCCCC(F)F)(OC)OC. The monoisotopic (exact) mass is 531 g/mol. The van der Waals surface area contributed by atoms with Gasteiger partial charge >= 0.3 is 17.6 Å². The van der Waals surface area contributed by atoms with Crippen molar-refractivity contribution in [1.82, 2.24) is 4.90 Å². The van der Waals surface area contributed by atoms with Crippen molar-refractivity contribution in [3.63, 3.8) is 0 Å².